The van der Waals surface area contributed by atoms with E-state index < -0.39 is 11.9 Å². The van der Waals surface area contributed by atoms with Crippen molar-refractivity contribution in [1.82, 2.24) is 4.90 Å². The second-order valence-corrected chi connectivity index (χ2v) is 4.00. The molecule has 0 aliphatic rings. The van der Waals surface area contributed by atoms with Crippen LogP contribution < -0.4 is 10.5 Å². The first kappa shape index (κ1) is 14.6. The molecule has 0 aliphatic carbocycles. The number of nitrogens with zero attached hydrogens (tertiary/aromatic N) is 2. The summed E-state index contributed by atoms with van der Waals surface area (Å²) in [6, 6.07) is 3.73. The molecule has 1 aromatic rings. The van der Waals surface area contributed by atoms with Gasteiger partial charge in [-0.05, 0) is 25.1 Å². The topological polar surface area (TPSA) is 108 Å². The molecule has 0 spiro atoms. The van der Waals surface area contributed by atoms with E-state index >= 15 is 0 Å². The van der Waals surface area contributed by atoms with Crippen LogP contribution in [0.15, 0.2) is 23.4 Å². The molecule has 0 saturated carbocycles. The zero-order valence-electron chi connectivity index (χ0n) is 11.0. The average molecular weight is 267 g/mol. The number of benzene rings is 1. The lowest BCUT2D eigenvalue weighted by Crippen LogP contribution is -2.43. The maximum atomic E-state index is 12.2. The van der Waals surface area contributed by atoms with Crippen LogP contribution in [-0.4, -0.2) is 47.2 Å². The van der Waals surface area contributed by atoms with Crippen molar-refractivity contribution >= 4 is 11.7 Å². The molecule has 1 amide bonds. The molecule has 0 heterocycles. The van der Waals surface area contributed by atoms with E-state index in [0.29, 0.717) is 5.75 Å². The van der Waals surface area contributed by atoms with Crippen LogP contribution in [0.3, 0.4) is 0 Å². The Morgan fingerprint density at radius 1 is 1.53 bits per heavy atom. The number of aromatic hydroxyl groups is 1. The van der Waals surface area contributed by atoms with Gasteiger partial charge < -0.3 is 25.7 Å². The van der Waals surface area contributed by atoms with Gasteiger partial charge >= 0.3 is 0 Å². The Morgan fingerprint density at radius 3 is 2.68 bits per heavy atom. The molecule has 0 saturated heterocycles. The zero-order chi connectivity index (χ0) is 14.6. The van der Waals surface area contributed by atoms with Gasteiger partial charge in [-0.15, -0.1) is 0 Å². The van der Waals surface area contributed by atoms with Crippen LogP contribution in [-0.2, 0) is 0 Å². The molecule has 1 unspecified atom stereocenters. The summed E-state index contributed by atoms with van der Waals surface area (Å²) in [7, 11) is 2.95. The third-order valence-electron chi connectivity index (χ3n) is 2.88. The van der Waals surface area contributed by atoms with E-state index in [1.54, 1.807) is 13.0 Å². The quantitative estimate of drug-likeness (QED) is 0.320. The summed E-state index contributed by atoms with van der Waals surface area (Å²) in [5.74, 6) is -0.274. The highest BCUT2D eigenvalue weighted by atomic mass is 16.5. The largest absolute Gasteiger partial charge is 0.507 e. The molecular weight excluding hydrogens is 250 g/mol. The third-order valence-corrected chi connectivity index (χ3v) is 2.88. The number of ether oxygens (including phenoxy) is 1. The number of amides is 1. The summed E-state index contributed by atoms with van der Waals surface area (Å²) < 4.78 is 5.00. The van der Waals surface area contributed by atoms with E-state index in [0.717, 1.165) is 0 Å². The van der Waals surface area contributed by atoms with E-state index in [1.807, 2.05) is 0 Å². The van der Waals surface area contributed by atoms with Crippen molar-refractivity contribution in [1.29, 1.82) is 0 Å². The van der Waals surface area contributed by atoms with Crippen LogP contribution >= 0.6 is 0 Å². The van der Waals surface area contributed by atoms with Crippen LogP contribution in [0.1, 0.15) is 17.3 Å². The second-order valence-electron chi connectivity index (χ2n) is 4.00. The van der Waals surface area contributed by atoms with Gasteiger partial charge in [-0.25, -0.2) is 0 Å². The Kier molecular flexibility index (Phi) is 4.57. The van der Waals surface area contributed by atoms with Gasteiger partial charge in [0.1, 0.15) is 11.5 Å². The van der Waals surface area contributed by atoms with E-state index in [2.05, 4.69) is 5.16 Å². The molecule has 1 aromatic carbocycles. The van der Waals surface area contributed by atoms with Crippen molar-refractivity contribution in [3.63, 3.8) is 0 Å². The molecule has 19 heavy (non-hydrogen) atoms. The highest BCUT2D eigenvalue weighted by Crippen LogP contribution is 2.24. The Hall–Kier alpha value is -2.44. The Bertz CT molecular complexity index is 502. The van der Waals surface area contributed by atoms with Gasteiger partial charge in [-0.3, -0.25) is 4.79 Å². The number of phenolic OH excluding ortho intramolecular Hbond substituents is 1. The lowest BCUT2D eigenvalue weighted by molar-refractivity contribution is 0.0773. The van der Waals surface area contributed by atoms with E-state index in [1.165, 1.54) is 31.2 Å². The second kappa shape index (κ2) is 5.94. The fourth-order valence-electron chi connectivity index (χ4n) is 1.46. The van der Waals surface area contributed by atoms with Gasteiger partial charge in [0.15, 0.2) is 5.84 Å². The fraction of sp³-hybridized carbons (Fsp3) is 0.333. The molecule has 0 radical (unpaired) electrons. The molecule has 0 aromatic heterocycles. The summed E-state index contributed by atoms with van der Waals surface area (Å²) in [5, 5.41) is 21.2. The van der Waals surface area contributed by atoms with Crippen molar-refractivity contribution in [2.45, 2.75) is 13.0 Å². The van der Waals surface area contributed by atoms with E-state index in [4.69, 9.17) is 15.7 Å². The molecule has 0 aliphatic heterocycles. The van der Waals surface area contributed by atoms with Crippen LogP contribution in [0.2, 0.25) is 0 Å². The number of carbonyl (C=O) groups excluding carboxylic acids is 1. The number of oxime groups is 1. The number of methoxy groups -OCH3 is 1. The molecule has 104 valence electrons. The van der Waals surface area contributed by atoms with Crippen LogP contribution in [0.4, 0.5) is 0 Å². The van der Waals surface area contributed by atoms with Gasteiger partial charge in [-0.2, -0.15) is 0 Å². The first-order valence-electron chi connectivity index (χ1n) is 5.54. The maximum absolute atomic E-state index is 12.2. The fourth-order valence-corrected chi connectivity index (χ4v) is 1.46. The molecule has 0 fully saturated rings. The van der Waals surface area contributed by atoms with Gasteiger partial charge in [-0.1, -0.05) is 5.16 Å². The molecule has 0 bridgehead atoms. The average Bonchev–Trinajstić information content (AvgIpc) is 2.44. The standard InChI is InChI=1S/C12H17N3O4/c1-7(11(13)14-18)15(2)12(17)9-6-8(19-3)4-5-10(9)16/h4-7,16,18H,1-3H3,(H2,13,14). The number of likely N-dealkylation sites (N-methyl/N-ethyl adjacent to an activating group) is 1. The first-order valence-corrected chi connectivity index (χ1v) is 5.54. The van der Waals surface area contributed by atoms with Crippen LogP contribution in [0.5, 0.6) is 11.5 Å². The molecule has 7 heteroatoms. The van der Waals surface area contributed by atoms with Crippen LogP contribution in [0.25, 0.3) is 0 Å². The smallest absolute Gasteiger partial charge is 0.258 e. The van der Waals surface area contributed by atoms with Crippen molar-refractivity contribution < 1.29 is 19.8 Å². The minimum Gasteiger partial charge on any atom is -0.507 e. The summed E-state index contributed by atoms with van der Waals surface area (Å²) >= 11 is 0. The van der Waals surface area contributed by atoms with Gasteiger partial charge in [0.25, 0.3) is 5.91 Å². The predicted octanol–water partition coefficient (Wildman–Crippen LogP) is 0.608. The molecule has 4 N–H and O–H groups in total. The van der Waals surface area contributed by atoms with E-state index in [9.17, 15) is 9.90 Å². The third kappa shape index (κ3) is 3.06. The number of carbonyl (C=O) groups is 1. The molecule has 7 nitrogen and oxygen atoms in total. The maximum Gasteiger partial charge on any atom is 0.258 e. The number of amidine groups is 1. The molecule has 1 atom stereocenters. The Labute approximate surface area is 110 Å². The number of rotatable bonds is 4. The van der Waals surface area contributed by atoms with Gasteiger partial charge in [0, 0.05) is 7.05 Å². The molecular formula is C12H17N3O4. The predicted molar refractivity (Wildman–Crippen MR) is 69.6 cm³/mol. The lowest BCUT2D eigenvalue weighted by Gasteiger charge is -2.24. The Balaban J connectivity index is 3.06. The summed E-state index contributed by atoms with van der Waals surface area (Å²) in [6.45, 7) is 1.60. The summed E-state index contributed by atoms with van der Waals surface area (Å²) in [5.41, 5.74) is 5.53. The minimum absolute atomic E-state index is 0.0828. The highest BCUT2D eigenvalue weighted by molar-refractivity contribution is 6.00. The van der Waals surface area contributed by atoms with Gasteiger partial charge in [0.2, 0.25) is 0 Å². The Morgan fingerprint density at radius 2 is 2.16 bits per heavy atom. The van der Waals surface area contributed by atoms with Gasteiger partial charge in [0.05, 0.1) is 18.7 Å². The van der Waals surface area contributed by atoms with Crippen molar-refractivity contribution in [2.24, 2.45) is 10.9 Å². The van der Waals surface area contributed by atoms with Crippen molar-refractivity contribution in [2.75, 3.05) is 14.2 Å². The van der Waals surface area contributed by atoms with Crippen LogP contribution in [0, 0.1) is 0 Å². The number of nitrogens with two attached hydrogens (primary N) is 1. The highest BCUT2D eigenvalue weighted by Gasteiger charge is 2.23. The van der Waals surface area contributed by atoms with Crippen molar-refractivity contribution in [3.8, 4) is 11.5 Å². The normalized spacial score (nSPS) is 12.9. The minimum atomic E-state index is -0.608. The molecule has 1 rings (SSSR count). The summed E-state index contributed by atoms with van der Waals surface area (Å²) in [6.07, 6.45) is 0. The number of hydrogen-bond acceptors (Lipinski definition) is 5. The first-order chi connectivity index (χ1) is 8.92. The lowest BCUT2D eigenvalue weighted by atomic mass is 10.1. The number of phenols is 1. The van der Waals surface area contributed by atoms with E-state index in [-0.39, 0.29) is 17.1 Å². The summed E-state index contributed by atoms with van der Waals surface area (Å²) in [4.78, 5) is 13.5. The van der Waals surface area contributed by atoms with Crippen molar-refractivity contribution in [3.05, 3.63) is 23.8 Å². The number of hydrogen-bond donors (Lipinski definition) is 3. The monoisotopic (exact) mass is 267 g/mol. The zero-order valence-corrected chi connectivity index (χ0v) is 11.0. The SMILES string of the molecule is COc1ccc(O)c(C(=O)N(C)C(C)C(N)=NO)c1.